The van der Waals surface area contributed by atoms with Crippen LogP contribution in [0, 0.1) is 0 Å². The normalized spacial score (nSPS) is 11.3. The van der Waals surface area contributed by atoms with Crippen LogP contribution in [-0.4, -0.2) is 15.0 Å². The number of nitrogens with zero attached hydrogens (tertiary/aromatic N) is 2. The van der Waals surface area contributed by atoms with Crippen LogP contribution >= 0.6 is 11.3 Å². The Morgan fingerprint density at radius 2 is 1.87 bits per heavy atom. The number of anilines is 1. The molecule has 0 radical (unpaired) electrons. The van der Waals surface area contributed by atoms with Crippen molar-refractivity contribution in [2.75, 3.05) is 5.32 Å². The number of hydrogen-bond acceptors (Lipinski definition) is 5. The molecule has 0 spiro atoms. The smallest absolute Gasteiger partial charge is 0.332 e. The lowest BCUT2D eigenvalue weighted by Gasteiger charge is -2.12. The molecule has 3 heterocycles. The predicted molar refractivity (Wildman–Crippen MR) is 117 cm³/mol. The Morgan fingerprint density at radius 1 is 1.10 bits per heavy atom. The molecule has 0 saturated carbocycles. The van der Waals surface area contributed by atoms with Gasteiger partial charge in [-0.3, -0.25) is 18.7 Å². The molecular weight excluding hydrogens is 402 g/mol. The molecule has 0 aliphatic rings. The molecule has 4 rings (SSSR count). The van der Waals surface area contributed by atoms with E-state index in [1.807, 2.05) is 24.3 Å². The topological polar surface area (TPSA) is 86.2 Å². The summed E-state index contributed by atoms with van der Waals surface area (Å²) < 4.78 is 8.14. The highest BCUT2D eigenvalue weighted by atomic mass is 32.1. The van der Waals surface area contributed by atoms with E-state index in [0.717, 1.165) is 4.57 Å². The molecule has 0 atom stereocenters. The van der Waals surface area contributed by atoms with E-state index in [0.29, 0.717) is 27.6 Å². The van der Waals surface area contributed by atoms with E-state index >= 15 is 0 Å². The van der Waals surface area contributed by atoms with Crippen LogP contribution in [0.4, 0.5) is 5.69 Å². The predicted octanol–water partition coefficient (Wildman–Crippen LogP) is 3.63. The molecule has 0 bridgehead atoms. The molecule has 0 saturated heterocycles. The zero-order chi connectivity index (χ0) is 21.3. The minimum absolute atomic E-state index is 0.0107. The van der Waals surface area contributed by atoms with Gasteiger partial charge in [0.2, 0.25) is 5.91 Å². The van der Waals surface area contributed by atoms with Gasteiger partial charge in [0, 0.05) is 5.69 Å². The molecule has 0 aliphatic carbocycles. The standard InChI is InChI=1S/C22H21N3O4S/c1-14(2)15-5-7-16(8-6-15)23-19(26)13-24-18-9-11-30-20(18)21(27)25(22(24)28)12-17-4-3-10-29-17/h3-11,14H,12-13H2,1-2H3,(H,23,26). The fourth-order valence-corrected chi connectivity index (χ4v) is 4.12. The number of aromatic nitrogens is 2. The Balaban J connectivity index is 1.64. The van der Waals surface area contributed by atoms with E-state index in [4.69, 9.17) is 4.42 Å². The van der Waals surface area contributed by atoms with Gasteiger partial charge < -0.3 is 9.73 Å². The summed E-state index contributed by atoms with van der Waals surface area (Å²) in [5.74, 6) is 0.548. The van der Waals surface area contributed by atoms with E-state index in [1.165, 1.54) is 27.7 Å². The highest BCUT2D eigenvalue weighted by molar-refractivity contribution is 7.17. The molecule has 7 nitrogen and oxygen atoms in total. The van der Waals surface area contributed by atoms with Gasteiger partial charge >= 0.3 is 5.69 Å². The van der Waals surface area contributed by atoms with Gasteiger partial charge in [0.1, 0.15) is 17.0 Å². The molecule has 3 aromatic heterocycles. The number of carbonyl (C=O) groups is 1. The molecule has 4 aromatic rings. The summed E-state index contributed by atoms with van der Waals surface area (Å²) in [5.41, 5.74) is 1.35. The fraction of sp³-hybridized carbons (Fsp3) is 0.227. The second-order valence-corrected chi connectivity index (χ2v) is 8.22. The van der Waals surface area contributed by atoms with Crippen molar-refractivity contribution in [3.63, 3.8) is 0 Å². The summed E-state index contributed by atoms with van der Waals surface area (Å²) in [6.07, 6.45) is 1.49. The van der Waals surface area contributed by atoms with Crippen LogP contribution < -0.4 is 16.6 Å². The summed E-state index contributed by atoms with van der Waals surface area (Å²) >= 11 is 1.24. The van der Waals surface area contributed by atoms with Crippen molar-refractivity contribution in [3.8, 4) is 0 Å². The van der Waals surface area contributed by atoms with Gasteiger partial charge in [-0.15, -0.1) is 11.3 Å². The number of amides is 1. The third kappa shape index (κ3) is 3.86. The van der Waals surface area contributed by atoms with E-state index in [-0.39, 0.29) is 24.6 Å². The number of carbonyl (C=O) groups excluding carboxylic acids is 1. The largest absolute Gasteiger partial charge is 0.467 e. The molecule has 8 heteroatoms. The third-order valence-electron chi connectivity index (χ3n) is 4.89. The first-order chi connectivity index (χ1) is 14.4. The summed E-state index contributed by atoms with van der Waals surface area (Å²) in [7, 11) is 0. The summed E-state index contributed by atoms with van der Waals surface area (Å²) in [6, 6.07) is 12.7. The summed E-state index contributed by atoms with van der Waals surface area (Å²) in [6.45, 7) is 4.01. The Hall–Kier alpha value is -3.39. The van der Waals surface area contributed by atoms with Crippen LogP contribution in [0.15, 0.2) is 68.1 Å². The first kappa shape index (κ1) is 19.9. The van der Waals surface area contributed by atoms with Gasteiger partial charge in [-0.25, -0.2) is 4.79 Å². The van der Waals surface area contributed by atoms with Crippen molar-refractivity contribution in [1.29, 1.82) is 0 Å². The molecule has 30 heavy (non-hydrogen) atoms. The first-order valence-corrected chi connectivity index (χ1v) is 10.4. The van der Waals surface area contributed by atoms with Crippen LogP contribution in [0.3, 0.4) is 0 Å². The monoisotopic (exact) mass is 423 g/mol. The van der Waals surface area contributed by atoms with Crippen molar-refractivity contribution >= 4 is 33.1 Å². The van der Waals surface area contributed by atoms with Gasteiger partial charge in [0.25, 0.3) is 5.56 Å². The molecule has 154 valence electrons. The highest BCUT2D eigenvalue weighted by Gasteiger charge is 2.17. The maximum Gasteiger partial charge on any atom is 0.332 e. The minimum atomic E-state index is -0.549. The highest BCUT2D eigenvalue weighted by Crippen LogP contribution is 2.18. The Morgan fingerprint density at radius 3 is 2.53 bits per heavy atom. The van der Waals surface area contributed by atoms with Crippen molar-refractivity contribution in [1.82, 2.24) is 9.13 Å². The Labute approximate surface area is 176 Å². The number of benzene rings is 1. The number of thiophene rings is 1. The van der Waals surface area contributed by atoms with Gasteiger partial charge in [-0.05, 0) is 47.2 Å². The van der Waals surface area contributed by atoms with Crippen molar-refractivity contribution in [2.45, 2.75) is 32.9 Å². The zero-order valence-corrected chi connectivity index (χ0v) is 17.4. The lowest BCUT2D eigenvalue weighted by Crippen LogP contribution is -2.41. The average Bonchev–Trinajstić information content (AvgIpc) is 3.41. The maximum absolute atomic E-state index is 13.0. The zero-order valence-electron chi connectivity index (χ0n) is 16.6. The molecule has 0 fully saturated rings. The lowest BCUT2D eigenvalue weighted by atomic mass is 10.0. The summed E-state index contributed by atoms with van der Waals surface area (Å²) in [5, 5.41) is 4.56. The molecule has 1 aromatic carbocycles. The Kier molecular flexibility index (Phi) is 5.41. The maximum atomic E-state index is 13.0. The van der Waals surface area contributed by atoms with Crippen LogP contribution in [0.2, 0.25) is 0 Å². The SMILES string of the molecule is CC(C)c1ccc(NC(=O)Cn2c(=O)n(Cc3ccco3)c(=O)c3sccc32)cc1. The molecule has 0 aliphatic heterocycles. The van der Waals surface area contributed by atoms with E-state index < -0.39 is 5.69 Å². The van der Waals surface area contributed by atoms with Crippen LogP contribution in [0.1, 0.15) is 31.1 Å². The minimum Gasteiger partial charge on any atom is -0.467 e. The average molecular weight is 423 g/mol. The van der Waals surface area contributed by atoms with E-state index in [2.05, 4.69) is 19.2 Å². The number of furan rings is 1. The molecule has 1 amide bonds. The van der Waals surface area contributed by atoms with Crippen molar-refractivity contribution in [3.05, 3.63) is 86.3 Å². The van der Waals surface area contributed by atoms with Crippen molar-refractivity contribution < 1.29 is 9.21 Å². The first-order valence-electron chi connectivity index (χ1n) is 9.57. The van der Waals surface area contributed by atoms with E-state index in [1.54, 1.807) is 23.6 Å². The van der Waals surface area contributed by atoms with Gasteiger partial charge in [-0.2, -0.15) is 0 Å². The van der Waals surface area contributed by atoms with Crippen molar-refractivity contribution in [2.24, 2.45) is 0 Å². The fourth-order valence-electron chi connectivity index (χ4n) is 3.28. The number of hydrogen-bond donors (Lipinski definition) is 1. The second-order valence-electron chi connectivity index (χ2n) is 7.30. The number of rotatable bonds is 6. The van der Waals surface area contributed by atoms with Gasteiger partial charge in [-0.1, -0.05) is 26.0 Å². The van der Waals surface area contributed by atoms with Crippen LogP contribution in [0.5, 0.6) is 0 Å². The van der Waals surface area contributed by atoms with Gasteiger partial charge in [0.05, 0.1) is 18.3 Å². The summed E-state index contributed by atoms with van der Waals surface area (Å²) in [4.78, 5) is 38.5. The van der Waals surface area contributed by atoms with Crippen LogP contribution in [0.25, 0.3) is 10.2 Å². The third-order valence-corrected chi connectivity index (χ3v) is 5.78. The molecule has 0 unspecified atom stereocenters. The molecule has 1 N–H and O–H groups in total. The number of nitrogens with one attached hydrogen (secondary N) is 1. The second kappa shape index (κ2) is 8.16. The lowest BCUT2D eigenvalue weighted by molar-refractivity contribution is -0.116. The van der Waals surface area contributed by atoms with E-state index in [9.17, 15) is 14.4 Å². The van der Waals surface area contributed by atoms with Gasteiger partial charge in [0.15, 0.2) is 0 Å². The number of fused-ring (bicyclic) bond motifs is 1. The Bertz CT molecular complexity index is 1300. The van der Waals surface area contributed by atoms with Crippen LogP contribution in [-0.2, 0) is 17.9 Å². The quantitative estimate of drug-likeness (QED) is 0.513. The molecular formula is C22H21N3O4S.